The van der Waals surface area contributed by atoms with Crippen LogP contribution in [0.3, 0.4) is 0 Å². The Labute approximate surface area is 207 Å². The van der Waals surface area contributed by atoms with Crippen LogP contribution in [0.1, 0.15) is 16.7 Å². The molecule has 170 valence electrons. The molecule has 1 heterocycles. The maximum Gasteiger partial charge on any atom is 0.244 e. The number of ether oxygens (including phenoxy) is 4. The predicted octanol–water partition coefficient (Wildman–Crippen LogP) is 5.22. The summed E-state index contributed by atoms with van der Waals surface area (Å²) in [5, 5.41) is 4.06. The minimum atomic E-state index is -0.245. The molecule has 1 N–H and O–H groups in total. The van der Waals surface area contributed by atoms with Crippen molar-refractivity contribution in [1.82, 2.24) is 5.43 Å². The second-order valence-electron chi connectivity index (χ2n) is 7.11. The number of benzene rings is 3. The van der Waals surface area contributed by atoms with Crippen molar-refractivity contribution in [3.8, 4) is 23.0 Å². The van der Waals surface area contributed by atoms with E-state index in [4.69, 9.17) is 18.9 Å². The molecule has 1 aliphatic rings. The molecule has 9 heteroatoms. The summed E-state index contributed by atoms with van der Waals surface area (Å²) in [6.07, 6.45) is 1.72. The lowest BCUT2D eigenvalue weighted by Crippen LogP contribution is -2.19. The number of carbonyl (C=O) groups excluding carboxylic acids is 1. The molecule has 0 saturated carbocycles. The molecule has 0 saturated heterocycles. The first-order valence-electron chi connectivity index (χ1n) is 9.97. The summed E-state index contributed by atoms with van der Waals surface area (Å²) in [5.41, 5.74) is 5.11. The van der Waals surface area contributed by atoms with Crippen molar-refractivity contribution in [3.05, 3.63) is 80.2 Å². The lowest BCUT2D eigenvalue weighted by molar-refractivity contribution is -0.120. The number of nitrogens with one attached hydrogen (secondary N) is 1. The average Bonchev–Trinajstić information content (AvgIpc) is 3.27. The summed E-state index contributed by atoms with van der Waals surface area (Å²) in [7, 11) is 1.57. The Balaban J connectivity index is 1.36. The van der Waals surface area contributed by atoms with Crippen LogP contribution in [0.15, 0.2) is 68.6 Å². The zero-order chi connectivity index (χ0) is 23.2. The average molecular weight is 576 g/mol. The Morgan fingerprint density at radius 2 is 1.82 bits per heavy atom. The van der Waals surface area contributed by atoms with Gasteiger partial charge in [0.15, 0.2) is 23.0 Å². The topological polar surface area (TPSA) is 78.4 Å². The summed E-state index contributed by atoms with van der Waals surface area (Å²) >= 11 is 6.95. The molecule has 3 aromatic rings. The van der Waals surface area contributed by atoms with Crippen molar-refractivity contribution in [1.29, 1.82) is 0 Å². The Kier molecular flexibility index (Phi) is 7.51. The van der Waals surface area contributed by atoms with Crippen LogP contribution < -0.4 is 24.4 Å². The van der Waals surface area contributed by atoms with E-state index in [1.165, 1.54) is 0 Å². The van der Waals surface area contributed by atoms with Crippen LogP contribution in [0, 0.1) is 0 Å². The fourth-order valence-electron chi connectivity index (χ4n) is 3.15. The van der Waals surface area contributed by atoms with E-state index in [9.17, 15) is 4.79 Å². The summed E-state index contributed by atoms with van der Waals surface area (Å²) in [6, 6.07) is 16.9. The van der Waals surface area contributed by atoms with E-state index in [-0.39, 0.29) is 19.1 Å². The predicted molar refractivity (Wildman–Crippen MR) is 131 cm³/mol. The smallest absolute Gasteiger partial charge is 0.244 e. The van der Waals surface area contributed by atoms with Gasteiger partial charge in [0.05, 0.1) is 24.2 Å². The number of amides is 1. The molecule has 33 heavy (non-hydrogen) atoms. The van der Waals surface area contributed by atoms with E-state index in [2.05, 4.69) is 42.4 Å². The van der Waals surface area contributed by atoms with E-state index in [0.29, 0.717) is 34.1 Å². The maximum atomic E-state index is 12.2. The van der Waals surface area contributed by atoms with E-state index in [1.807, 2.05) is 36.4 Å². The van der Waals surface area contributed by atoms with Crippen LogP contribution in [0.2, 0.25) is 0 Å². The molecule has 0 fully saturated rings. The molecule has 0 radical (unpaired) electrons. The van der Waals surface area contributed by atoms with Crippen LogP contribution in [-0.4, -0.2) is 26.0 Å². The Bertz CT molecular complexity index is 1180. The lowest BCUT2D eigenvalue weighted by Gasteiger charge is -2.13. The molecule has 0 aromatic heterocycles. The highest BCUT2D eigenvalue weighted by molar-refractivity contribution is 9.10. The highest BCUT2D eigenvalue weighted by atomic mass is 79.9. The van der Waals surface area contributed by atoms with Crippen LogP contribution in [0.4, 0.5) is 0 Å². The second-order valence-corrected chi connectivity index (χ2v) is 8.88. The molecule has 0 bridgehead atoms. The largest absolute Gasteiger partial charge is 0.493 e. The molecule has 1 amide bonds. The number of carbonyl (C=O) groups is 1. The first-order chi connectivity index (χ1) is 16.0. The number of fused-ring (bicyclic) bond motifs is 1. The Morgan fingerprint density at radius 3 is 2.61 bits per heavy atom. The van der Waals surface area contributed by atoms with Crippen LogP contribution in [0.25, 0.3) is 0 Å². The zero-order valence-electron chi connectivity index (χ0n) is 17.6. The molecular formula is C24H20Br2N2O5. The molecule has 7 nitrogen and oxygen atoms in total. The molecular weight excluding hydrogens is 556 g/mol. The molecule has 1 aliphatic heterocycles. The van der Waals surface area contributed by atoms with Gasteiger partial charge in [-0.15, -0.1) is 0 Å². The summed E-state index contributed by atoms with van der Waals surface area (Å²) in [5.74, 6) is 2.22. The van der Waals surface area contributed by atoms with Crippen LogP contribution in [-0.2, 0) is 17.8 Å². The minimum Gasteiger partial charge on any atom is -0.493 e. The number of methoxy groups -OCH3 is 1. The zero-order valence-corrected chi connectivity index (χ0v) is 20.8. The Morgan fingerprint density at radius 1 is 1.06 bits per heavy atom. The van der Waals surface area contributed by atoms with Gasteiger partial charge in [0.25, 0.3) is 0 Å². The van der Waals surface area contributed by atoms with Gasteiger partial charge in [-0.1, -0.05) is 34.1 Å². The van der Waals surface area contributed by atoms with Gasteiger partial charge in [-0.2, -0.15) is 5.10 Å². The monoisotopic (exact) mass is 574 g/mol. The van der Waals surface area contributed by atoms with E-state index >= 15 is 0 Å². The summed E-state index contributed by atoms with van der Waals surface area (Å²) in [6.45, 7) is 0.591. The van der Waals surface area contributed by atoms with Gasteiger partial charge in [0.1, 0.15) is 6.61 Å². The van der Waals surface area contributed by atoms with Gasteiger partial charge in [0.2, 0.25) is 12.7 Å². The van der Waals surface area contributed by atoms with Crippen molar-refractivity contribution in [2.75, 3.05) is 13.9 Å². The summed E-state index contributed by atoms with van der Waals surface area (Å²) in [4.78, 5) is 12.2. The molecule has 0 aliphatic carbocycles. The molecule has 0 atom stereocenters. The number of rotatable bonds is 8. The van der Waals surface area contributed by atoms with E-state index in [0.717, 1.165) is 21.2 Å². The van der Waals surface area contributed by atoms with Gasteiger partial charge < -0.3 is 18.9 Å². The lowest BCUT2D eigenvalue weighted by atomic mass is 10.1. The first-order valence-corrected chi connectivity index (χ1v) is 11.6. The van der Waals surface area contributed by atoms with Crippen LogP contribution in [0.5, 0.6) is 23.0 Å². The highest BCUT2D eigenvalue weighted by Gasteiger charge is 2.15. The maximum absolute atomic E-state index is 12.2. The molecule has 0 spiro atoms. The van der Waals surface area contributed by atoms with E-state index < -0.39 is 0 Å². The SMILES string of the molecule is COc1cc(/C=N/NC(=O)Cc2ccc3c(c2)OCO3)cc(Br)c1OCc1ccc(Br)cc1. The normalized spacial score (nSPS) is 12.1. The fraction of sp³-hybridized carbons (Fsp3) is 0.167. The third-order valence-electron chi connectivity index (χ3n) is 4.75. The van der Waals surface area contributed by atoms with Gasteiger partial charge >= 0.3 is 0 Å². The number of hydrogen-bond donors (Lipinski definition) is 1. The van der Waals surface area contributed by atoms with Crippen molar-refractivity contribution in [3.63, 3.8) is 0 Å². The van der Waals surface area contributed by atoms with Gasteiger partial charge in [0, 0.05) is 4.47 Å². The van der Waals surface area contributed by atoms with Crippen LogP contribution >= 0.6 is 31.9 Å². The van der Waals surface area contributed by atoms with Crippen molar-refractivity contribution in [2.24, 2.45) is 5.10 Å². The standard InChI is InChI=1S/C24H20Br2N2O5/c1-30-22-10-17(8-19(26)24(22)31-13-15-2-5-18(25)6-3-15)12-27-28-23(29)11-16-4-7-20-21(9-16)33-14-32-20/h2-10,12H,11,13-14H2,1H3,(H,28,29)/b27-12+. The van der Waals surface area contributed by atoms with Gasteiger partial charge in [-0.25, -0.2) is 5.43 Å². The van der Waals surface area contributed by atoms with Crippen molar-refractivity contribution in [2.45, 2.75) is 13.0 Å². The number of hydrogen-bond acceptors (Lipinski definition) is 6. The third-order valence-corrected chi connectivity index (χ3v) is 5.87. The molecule has 0 unspecified atom stereocenters. The van der Waals surface area contributed by atoms with Crippen molar-refractivity contribution < 1.29 is 23.7 Å². The quantitative estimate of drug-likeness (QED) is 0.294. The number of nitrogens with zero attached hydrogens (tertiary/aromatic N) is 1. The third kappa shape index (κ3) is 6.06. The highest BCUT2D eigenvalue weighted by Crippen LogP contribution is 2.37. The van der Waals surface area contributed by atoms with Crippen molar-refractivity contribution >= 4 is 44.0 Å². The second kappa shape index (κ2) is 10.7. The summed E-state index contributed by atoms with van der Waals surface area (Å²) < 4.78 is 23.8. The fourth-order valence-corrected chi connectivity index (χ4v) is 3.98. The van der Waals surface area contributed by atoms with E-state index in [1.54, 1.807) is 31.5 Å². The Hall–Kier alpha value is -3.04. The number of hydrazone groups is 1. The first kappa shape index (κ1) is 23.1. The molecule has 3 aromatic carbocycles. The van der Waals surface area contributed by atoms with Gasteiger partial charge in [-0.05, 0) is 69.0 Å². The molecule has 4 rings (SSSR count). The minimum absolute atomic E-state index is 0.170. The van der Waals surface area contributed by atoms with Gasteiger partial charge in [-0.3, -0.25) is 4.79 Å². The number of halogens is 2.